The Hall–Kier alpha value is -0.0400. The van der Waals surface area contributed by atoms with E-state index in [1.165, 1.54) is 6.42 Å². The lowest BCUT2D eigenvalue weighted by atomic mass is 9.84. The molecule has 11 heavy (non-hydrogen) atoms. The van der Waals surface area contributed by atoms with Gasteiger partial charge in [0.05, 0.1) is 0 Å². The second-order valence-electron chi connectivity index (χ2n) is 4.62. The van der Waals surface area contributed by atoms with Gasteiger partial charge < -0.3 is 0 Å². The summed E-state index contributed by atoms with van der Waals surface area (Å²) in [5, 5.41) is 0.229. The first kappa shape index (κ1) is 5.58. The number of ketones is 1. The fraction of sp³-hybridized carbons (Fsp3) is 0.889. The van der Waals surface area contributed by atoms with Gasteiger partial charge in [0.25, 0.3) is 0 Å². The van der Waals surface area contributed by atoms with Crippen molar-refractivity contribution < 1.29 is 4.79 Å². The highest BCUT2D eigenvalue weighted by Gasteiger charge is 2.80. The number of carbonyl (C=O) groups is 1. The summed E-state index contributed by atoms with van der Waals surface area (Å²) in [4.78, 5) is 11.6. The number of fused-ring (bicyclic) bond motifs is 3. The quantitative estimate of drug-likeness (QED) is 0.499. The molecule has 0 amide bonds. The molecule has 0 spiro atoms. The molecule has 4 aliphatic carbocycles. The van der Waals surface area contributed by atoms with E-state index in [9.17, 15) is 4.79 Å². The fourth-order valence-electron chi connectivity index (χ4n) is 4.29. The Balaban J connectivity index is 1.97. The molecule has 4 rings (SSSR count). The van der Waals surface area contributed by atoms with Gasteiger partial charge in [0.2, 0.25) is 0 Å². The molecule has 58 valence electrons. The third-order valence-corrected chi connectivity index (χ3v) is 5.13. The van der Waals surface area contributed by atoms with E-state index < -0.39 is 0 Å². The van der Waals surface area contributed by atoms with Gasteiger partial charge in [-0.05, 0) is 30.1 Å². The van der Waals surface area contributed by atoms with Crippen LogP contribution in [0.3, 0.4) is 0 Å². The zero-order valence-electron chi connectivity index (χ0n) is 6.03. The van der Waals surface area contributed by atoms with Crippen LogP contribution in [0.15, 0.2) is 0 Å². The van der Waals surface area contributed by atoms with Gasteiger partial charge in [0, 0.05) is 17.2 Å². The van der Waals surface area contributed by atoms with E-state index >= 15 is 0 Å². The lowest BCUT2D eigenvalue weighted by Crippen LogP contribution is -2.33. The van der Waals surface area contributed by atoms with E-state index in [-0.39, 0.29) is 5.38 Å². The maximum Gasteiger partial charge on any atom is 0.141 e. The van der Waals surface area contributed by atoms with E-state index in [0.717, 1.165) is 23.7 Å². The first-order valence-electron chi connectivity index (χ1n) is 4.48. The molecule has 4 saturated carbocycles. The predicted octanol–water partition coefficient (Wildman–Crippen LogP) is 1.30. The van der Waals surface area contributed by atoms with Gasteiger partial charge in [-0.3, -0.25) is 4.79 Å². The van der Waals surface area contributed by atoms with Gasteiger partial charge in [-0.1, -0.05) is 0 Å². The Bertz CT molecular complexity index is 273. The molecule has 0 heterocycles. The zero-order chi connectivity index (χ0) is 7.33. The molecule has 0 unspecified atom stereocenters. The average molecular weight is 169 g/mol. The normalized spacial score (nSPS) is 74.6. The summed E-state index contributed by atoms with van der Waals surface area (Å²) in [6.07, 6.45) is 1.27. The van der Waals surface area contributed by atoms with Gasteiger partial charge >= 0.3 is 0 Å². The topological polar surface area (TPSA) is 17.1 Å². The number of rotatable bonds is 0. The smallest absolute Gasteiger partial charge is 0.141 e. The lowest BCUT2D eigenvalue weighted by Gasteiger charge is -2.25. The van der Waals surface area contributed by atoms with Crippen LogP contribution in [0.2, 0.25) is 0 Å². The van der Waals surface area contributed by atoms with E-state index in [1.54, 1.807) is 0 Å². The van der Waals surface area contributed by atoms with Crippen molar-refractivity contribution in [3.8, 4) is 0 Å². The number of hydrogen-bond acceptors (Lipinski definition) is 1. The molecule has 0 saturated heterocycles. The summed E-state index contributed by atoms with van der Waals surface area (Å²) >= 11 is 6.19. The van der Waals surface area contributed by atoms with Crippen LogP contribution < -0.4 is 0 Å². The van der Waals surface area contributed by atoms with Crippen LogP contribution in [-0.2, 0) is 4.79 Å². The van der Waals surface area contributed by atoms with E-state index in [0.29, 0.717) is 17.6 Å². The predicted molar refractivity (Wildman–Crippen MR) is 40.2 cm³/mol. The molecule has 0 N–H and O–H groups in total. The second kappa shape index (κ2) is 1.28. The summed E-state index contributed by atoms with van der Waals surface area (Å²) in [5.41, 5.74) is 0. The Morgan fingerprint density at radius 1 is 1.18 bits per heavy atom. The van der Waals surface area contributed by atoms with Crippen molar-refractivity contribution in [3.05, 3.63) is 0 Å². The zero-order valence-corrected chi connectivity index (χ0v) is 6.79. The molecule has 0 aromatic carbocycles. The van der Waals surface area contributed by atoms with Crippen LogP contribution in [0, 0.1) is 35.5 Å². The molecular weight excluding hydrogens is 160 g/mol. The summed E-state index contributed by atoms with van der Waals surface area (Å²) in [7, 11) is 0. The van der Waals surface area contributed by atoms with Gasteiger partial charge in [-0.25, -0.2) is 0 Å². The summed E-state index contributed by atoms with van der Waals surface area (Å²) < 4.78 is 0. The van der Waals surface area contributed by atoms with Gasteiger partial charge in [-0.2, -0.15) is 0 Å². The molecule has 2 bridgehead atoms. The number of carbonyl (C=O) groups excluding carboxylic acids is 1. The molecule has 4 aliphatic rings. The molecule has 4 fully saturated rings. The van der Waals surface area contributed by atoms with Crippen LogP contribution in [0.25, 0.3) is 0 Å². The number of alkyl halides is 1. The molecule has 2 heteroatoms. The lowest BCUT2D eigenvalue weighted by molar-refractivity contribution is -0.124. The standard InChI is InChI=1S/C9H9ClO/c10-8-3-1-2-4-5(3)7(4)9(11)6(2)8/h2-8H,1H2/t2-,3+,4-,5+,6+,7+,8+/m0/s1. The van der Waals surface area contributed by atoms with Crippen molar-refractivity contribution >= 4 is 17.4 Å². The highest BCUT2D eigenvalue weighted by atomic mass is 35.5. The molecule has 0 aromatic rings. The van der Waals surface area contributed by atoms with Crippen LogP contribution >= 0.6 is 11.6 Å². The monoisotopic (exact) mass is 168 g/mol. The SMILES string of the molecule is O=C1[C@@H]2[C@H]3[C@@H]4C[C@@H]([C@@H](Cl)[C@H]14)[C@@H]23. The third-order valence-electron chi connectivity index (χ3n) is 4.54. The van der Waals surface area contributed by atoms with E-state index in [1.807, 2.05) is 0 Å². The van der Waals surface area contributed by atoms with Crippen molar-refractivity contribution in [2.24, 2.45) is 35.5 Å². The van der Waals surface area contributed by atoms with Gasteiger partial charge in [0.1, 0.15) is 5.78 Å². The fourth-order valence-corrected chi connectivity index (χ4v) is 4.87. The highest BCUT2D eigenvalue weighted by Crippen LogP contribution is 2.78. The molecular formula is C9H9ClO. The molecule has 0 radical (unpaired) electrons. The number of Topliss-reactive ketones (excluding diaryl/α,β-unsaturated/α-hetero) is 1. The molecule has 1 nitrogen and oxygen atoms in total. The minimum atomic E-state index is 0.229. The minimum absolute atomic E-state index is 0.229. The van der Waals surface area contributed by atoms with Crippen molar-refractivity contribution in [2.75, 3.05) is 0 Å². The second-order valence-corrected chi connectivity index (χ2v) is 5.12. The Morgan fingerprint density at radius 2 is 1.91 bits per heavy atom. The van der Waals surface area contributed by atoms with Crippen LogP contribution in [0.5, 0.6) is 0 Å². The first-order valence-corrected chi connectivity index (χ1v) is 4.92. The maximum absolute atomic E-state index is 11.6. The third kappa shape index (κ3) is 0.358. The van der Waals surface area contributed by atoms with Crippen molar-refractivity contribution in [2.45, 2.75) is 11.8 Å². The summed E-state index contributed by atoms with van der Waals surface area (Å²) in [5.74, 6) is 4.34. The number of halogens is 1. The number of hydrogen-bond donors (Lipinski definition) is 0. The first-order chi connectivity index (χ1) is 5.30. The molecule has 7 atom stereocenters. The summed E-state index contributed by atoms with van der Waals surface area (Å²) in [6, 6.07) is 0. The molecule has 0 aliphatic heterocycles. The van der Waals surface area contributed by atoms with Gasteiger partial charge in [-0.15, -0.1) is 11.6 Å². The Morgan fingerprint density at radius 3 is 2.45 bits per heavy atom. The van der Waals surface area contributed by atoms with Crippen LogP contribution in [-0.4, -0.2) is 11.2 Å². The van der Waals surface area contributed by atoms with Crippen molar-refractivity contribution in [1.82, 2.24) is 0 Å². The van der Waals surface area contributed by atoms with Gasteiger partial charge in [0.15, 0.2) is 0 Å². The van der Waals surface area contributed by atoms with Crippen LogP contribution in [0.4, 0.5) is 0 Å². The minimum Gasteiger partial charge on any atom is -0.299 e. The van der Waals surface area contributed by atoms with Crippen LogP contribution in [0.1, 0.15) is 6.42 Å². The van der Waals surface area contributed by atoms with E-state index in [4.69, 9.17) is 11.6 Å². The maximum atomic E-state index is 11.6. The largest absolute Gasteiger partial charge is 0.299 e. The van der Waals surface area contributed by atoms with Crippen molar-refractivity contribution in [3.63, 3.8) is 0 Å². The average Bonchev–Trinajstić information content (AvgIpc) is 2.42. The van der Waals surface area contributed by atoms with E-state index in [2.05, 4.69) is 0 Å². The highest BCUT2D eigenvalue weighted by molar-refractivity contribution is 6.24. The Kier molecular flexibility index (Phi) is 0.651. The molecule has 0 aromatic heterocycles. The summed E-state index contributed by atoms with van der Waals surface area (Å²) in [6.45, 7) is 0. The van der Waals surface area contributed by atoms with Crippen molar-refractivity contribution in [1.29, 1.82) is 0 Å². The Labute approximate surface area is 70.1 Å².